The highest BCUT2D eigenvalue weighted by molar-refractivity contribution is 8.15. The molecule has 1 atom stereocenters. The van der Waals surface area contributed by atoms with E-state index in [1.54, 1.807) is 0 Å². The molecule has 2 amide bonds. The van der Waals surface area contributed by atoms with E-state index in [-0.39, 0.29) is 16.4 Å². The number of hydrogen-bond acceptors (Lipinski definition) is 5. The third-order valence-electron chi connectivity index (χ3n) is 4.82. The molecule has 1 fully saturated rings. The number of rotatable bonds is 6. The normalized spacial score (nSPS) is 15.5. The maximum Gasteiger partial charge on any atom is 0.286 e. The lowest BCUT2D eigenvalue weighted by atomic mass is 10.0. The van der Waals surface area contributed by atoms with Crippen LogP contribution in [0.4, 0.5) is 4.79 Å². The van der Waals surface area contributed by atoms with Crippen molar-refractivity contribution < 1.29 is 14.3 Å². The van der Waals surface area contributed by atoms with Crippen LogP contribution in [0, 0.1) is 11.3 Å². The molecular formula is C24H18N2O3S. The van der Waals surface area contributed by atoms with E-state index in [0.717, 1.165) is 39.8 Å². The minimum Gasteiger partial charge on any atom is -0.489 e. The average Bonchev–Trinajstić information content (AvgIpc) is 3.10. The van der Waals surface area contributed by atoms with E-state index in [9.17, 15) is 9.59 Å². The fourth-order valence-electron chi connectivity index (χ4n) is 3.16. The van der Waals surface area contributed by atoms with Crippen LogP contribution in [0.3, 0.4) is 0 Å². The van der Waals surface area contributed by atoms with Crippen molar-refractivity contribution in [2.24, 2.45) is 0 Å². The first-order valence-electron chi connectivity index (χ1n) is 9.43. The van der Waals surface area contributed by atoms with E-state index in [1.165, 1.54) is 0 Å². The quantitative estimate of drug-likeness (QED) is 0.633. The van der Waals surface area contributed by atoms with Crippen molar-refractivity contribution in [1.82, 2.24) is 5.32 Å². The molecule has 1 unspecified atom stereocenters. The van der Waals surface area contributed by atoms with E-state index in [0.29, 0.717) is 18.6 Å². The van der Waals surface area contributed by atoms with E-state index in [1.807, 2.05) is 72.8 Å². The highest BCUT2D eigenvalue weighted by Crippen LogP contribution is 2.24. The molecule has 0 aliphatic carbocycles. The SMILES string of the molecule is N#Cc1ccc(-c2ccc(COc3ccc(CC4SC(=O)NC4=O)cc3)cc2)cc1. The topological polar surface area (TPSA) is 79.2 Å². The number of hydrogen-bond donors (Lipinski definition) is 1. The molecule has 0 saturated carbocycles. The van der Waals surface area contributed by atoms with Crippen molar-refractivity contribution in [1.29, 1.82) is 5.26 Å². The van der Waals surface area contributed by atoms with Crippen LogP contribution in [0.15, 0.2) is 72.8 Å². The van der Waals surface area contributed by atoms with Gasteiger partial charge in [0.1, 0.15) is 12.4 Å². The van der Waals surface area contributed by atoms with Gasteiger partial charge in [-0.25, -0.2) is 0 Å². The zero-order valence-corrected chi connectivity index (χ0v) is 16.8. The van der Waals surface area contributed by atoms with E-state index >= 15 is 0 Å². The number of carbonyl (C=O) groups excluding carboxylic acids is 2. The Morgan fingerprint density at radius 2 is 1.47 bits per heavy atom. The molecule has 1 aliphatic rings. The summed E-state index contributed by atoms with van der Waals surface area (Å²) in [6, 6.07) is 25.3. The zero-order chi connectivity index (χ0) is 20.9. The molecule has 0 bridgehead atoms. The largest absolute Gasteiger partial charge is 0.489 e. The van der Waals surface area contributed by atoms with Gasteiger partial charge in [0, 0.05) is 0 Å². The Kier molecular flexibility index (Phi) is 5.82. The summed E-state index contributed by atoms with van der Waals surface area (Å²) in [5.41, 5.74) is 4.83. The lowest BCUT2D eigenvalue weighted by Gasteiger charge is -2.09. The third-order valence-corrected chi connectivity index (χ3v) is 5.80. The van der Waals surface area contributed by atoms with Gasteiger partial charge in [0.2, 0.25) is 5.91 Å². The Morgan fingerprint density at radius 3 is 2.03 bits per heavy atom. The van der Waals surface area contributed by atoms with E-state index < -0.39 is 0 Å². The highest BCUT2D eigenvalue weighted by Gasteiger charge is 2.31. The van der Waals surface area contributed by atoms with Gasteiger partial charge in [-0.15, -0.1) is 0 Å². The molecule has 30 heavy (non-hydrogen) atoms. The zero-order valence-electron chi connectivity index (χ0n) is 16.0. The first kappa shape index (κ1) is 19.7. The maximum absolute atomic E-state index is 11.7. The Hall–Kier alpha value is -3.56. The van der Waals surface area contributed by atoms with Crippen molar-refractivity contribution in [2.45, 2.75) is 18.3 Å². The van der Waals surface area contributed by atoms with E-state index in [2.05, 4.69) is 11.4 Å². The number of nitrogens with one attached hydrogen (secondary N) is 1. The van der Waals surface area contributed by atoms with Crippen molar-refractivity contribution in [3.63, 3.8) is 0 Å². The van der Waals surface area contributed by atoms with Crippen molar-refractivity contribution >= 4 is 22.9 Å². The summed E-state index contributed by atoms with van der Waals surface area (Å²) in [5, 5.41) is 10.6. The number of nitriles is 1. The van der Waals surface area contributed by atoms with Crippen molar-refractivity contribution in [2.75, 3.05) is 0 Å². The standard InChI is InChI=1S/C24H18N2O3S/c25-14-17-1-7-19(8-2-17)20-9-3-18(4-10-20)15-29-21-11-5-16(6-12-21)13-22-23(27)26-24(28)30-22/h1-12,22H,13,15H2,(H,26,27,28). The molecule has 0 aromatic heterocycles. The van der Waals surface area contributed by atoms with Gasteiger partial charge in [-0.05, 0) is 52.9 Å². The number of benzene rings is 3. The monoisotopic (exact) mass is 414 g/mol. The molecular weight excluding hydrogens is 396 g/mol. The summed E-state index contributed by atoms with van der Waals surface area (Å²) in [6.07, 6.45) is 0.513. The van der Waals surface area contributed by atoms with Gasteiger partial charge in [0.25, 0.3) is 5.24 Å². The van der Waals surface area contributed by atoms with Crippen molar-refractivity contribution in [3.05, 3.63) is 89.5 Å². The Balaban J connectivity index is 1.32. The Morgan fingerprint density at radius 1 is 0.867 bits per heavy atom. The lowest BCUT2D eigenvalue weighted by molar-refractivity contribution is -0.118. The van der Waals surface area contributed by atoms with Gasteiger partial charge in [-0.2, -0.15) is 5.26 Å². The maximum atomic E-state index is 11.7. The van der Waals surface area contributed by atoms with Crippen LogP contribution >= 0.6 is 11.8 Å². The summed E-state index contributed by atoms with van der Waals surface area (Å²) in [6.45, 7) is 0.447. The van der Waals surface area contributed by atoms with Gasteiger partial charge in [-0.1, -0.05) is 60.3 Å². The third kappa shape index (κ3) is 4.70. The van der Waals surface area contributed by atoms with Crippen LogP contribution in [0.5, 0.6) is 5.75 Å². The first-order valence-corrected chi connectivity index (χ1v) is 10.3. The van der Waals surface area contributed by atoms with Gasteiger partial charge < -0.3 is 4.74 Å². The summed E-state index contributed by atoms with van der Waals surface area (Å²) in [4.78, 5) is 22.9. The van der Waals surface area contributed by atoms with Gasteiger partial charge in [0.05, 0.1) is 16.9 Å². The molecule has 1 N–H and O–H groups in total. The summed E-state index contributed by atoms with van der Waals surface area (Å²) in [5.74, 6) is 0.518. The number of amides is 2. The second-order valence-corrected chi connectivity index (χ2v) is 8.08. The van der Waals surface area contributed by atoms with Crippen LogP contribution in [0.2, 0.25) is 0 Å². The Bertz CT molecular complexity index is 1100. The number of nitrogens with zero attached hydrogens (tertiary/aromatic N) is 1. The molecule has 6 heteroatoms. The summed E-state index contributed by atoms with van der Waals surface area (Å²) < 4.78 is 5.86. The average molecular weight is 414 g/mol. The molecule has 1 aliphatic heterocycles. The van der Waals surface area contributed by atoms with E-state index in [4.69, 9.17) is 10.00 Å². The number of imide groups is 1. The van der Waals surface area contributed by atoms with Crippen molar-refractivity contribution in [3.8, 4) is 22.9 Å². The van der Waals surface area contributed by atoms with Gasteiger partial charge in [0.15, 0.2) is 0 Å². The van der Waals surface area contributed by atoms with Crippen LogP contribution < -0.4 is 10.1 Å². The fourth-order valence-corrected chi connectivity index (χ4v) is 4.02. The Labute approximate surface area is 178 Å². The minimum absolute atomic E-state index is 0.227. The van der Waals surface area contributed by atoms with Crippen LogP contribution in [-0.4, -0.2) is 16.4 Å². The first-order chi connectivity index (χ1) is 14.6. The molecule has 148 valence electrons. The lowest BCUT2D eigenvalue weighted by Crippen LogP contribution is -2.25. The van der Waals surface area contributed by atoms with Gasteiger partial charge >= 0.3 is 0 Å². The fraction of sp³-hybridized carbons (Fsp3) is 0.125. The summed E-state index contributed by atoms with van der Waals surface area (Å²) >= 11 is 1.04. The van der Waals surface area contributed by atoms with Crippen LogP contribution in [0.25, 0.3) is 11.1 Å². The van der Waals surface area contributed by atoms with Crippen LogP contribution in [0.1, 0.15) is 16.7 Å². The number of thioether (sulfide) groups is 1. The predicted octanol–water partition coefficient (Wildman–Crippen LogP) is 4.70. The predicted molar refractivity (Wildman–Crippen MR) is 116 cm³/mol. The molecule has 5 nitrogen and oxygen atoms in total. The molecule has 4 rings (SSSR count). The second-order valence-electron chi connectivity index (χ2n) is 6.91. The molecule has 1 heterocycles. The van der Waals surface area contributed by atoms with Gasteiger partial charge in [-0.3, -0.25) is 14.9 Å². The second kappa shape index (κ2) is 8.85. The minimum atomic E-state index is -0.362. The van der Waals surface area contributed by atoms with Crippen LogP contribution in [-0.2, 0) is 17.8 Å². The number of ether oxygens (including phenoxy) is 1. The highest BCUT2D eigenvalue weighted by atomic mass is 32.2. The molecule has 0 spiro atoms. The molecule has 0 radical (unpaired) electrons. The smallest absolute Gasteiger partial charge is 0.286 e. The molecule has 1 saturated heterocycles. The number of carbonyl (C=O) groups is 2. The molecule has 3 aromatic carbocycles. The molecule has 3 aromatic rings. The summed E-state index contributed by atoms with van der Waals surface area (Å²) in [7, 11) is 0.